The largest absolute Gasteiger partial charge is 0.476 e. The number of pyridine rings is 1. The summed E-state index contributed by atoms with van der Waals surface area (Å²) >= 11 is 0.537. The maximum atomic E-state index is 13.9. The molecule has 13 heteroatoms. The van der Waals surface area contributed by atoms with Gasteiger partial charge < -0.3 is 15.3 Å². The number of hydrogen-bond acceptors (Lipinski definition) is 6. The van der Waals surface area contributed by atoms with Crippen LogP contribution in [0.25, 0.3) is 10.4 Å². The van der Waals surface area contributed by atoms with E-state index in [-0.39, 0.29) is 28.6 Å². The Morgan fingerprint density at radius 2 is 2.06 bits per heavy atom. The molecule has 0 radical (unpaired) electrons. The fraction of sp³-hybridized carbons (Fsp3) is 0.500. The van der Waals surface area contributed by atoms with Gasteiger partial charge in [-0.05, 0) is 32.3 Å². The third-order valence-corrected chi connectivity index (χ3v) is 6.44. The van der Waals surface area contributed by atoms with E-state index >= 15 is 0 Å². The molecule has 1 amide bonds. The molecule has 33 heavy (non-hydrogen) atoms. The van der Waals surface area contributed by atoms with Crippen molar-refractivity contribution in [3.05, 3.63) is 28.5 Å². The lowest BCUT2D eigenvalue weighted by molar-refractivity contribution is -0.142. The molecule has 3 rings (SSSR count). The highest BCUT2D eigenvalue weighted by Crippen LogP contribution is 2.39. The molecular weight excluding hydrogens is 471 g/mol. The number of nitrogens with zero attached hydrogens (tertiary/aromatic N) is 3. The van der Waals surface area contributed by atoms with E-state index < -0.39 is 46.9 Å². The highest BCUT2D eigenvalue weighted by molar-refractivity contribution is 7.17. The number of amides is 1. The van der Waals surface area contributed by atoms with Crippen LogP contribution in [0, 0.1) is 0 Å². The van der Waals surface area contributed by atoms with Crippen molar-refractivity contribution in [2.75, 3.05) is 11.9 Å². The molecule has 2 atom stereocenters. The van der Waals surface area contributed by atoms with Gasteiger partial charge in [-0.15, -0.1) is 11.3 Å². The number of hydrogen-bond donors (Lipinski definition) is 2. The molecule has 0 unspecified atom stereocenters. The molecule has 2 N–H and O–H groups in total. The number of aromatic nitrogens is 2. The van der Waals surface area contributed by atoms with E-state index in [1.165, 1.54) is 11.8 Å². The van der Waals surface area contributed by atoms with Crippen molar-refractivity contribution in [3.8, 4) is 10.4 Å². The number of halogens is 5. The number of anilines is 1. The van der Waals surface area contributed by atoms with Gasteiger partial charge in [-0.25, -0.2) is 23.5 Å². The van der Waals surface area contributed by atoms with Gasteiger partial charge in [0.1, 0.15) is 17.6 Å². The molecule has 7 nitrogen and oxygen atoms in total. The van der Waals surface area contributed by atoms with Gasteiger partial charge in [0.05, 0.1) is 4.88 Å². The van der Waals surface area contributed by atoms with Gasteiger partial charge in [0, 0.05) is 29.9 Å². The molecule has 0 bridgehead atoms. The topological polar surface area (TPSA) is 95.4 Å². The van der Waals surface area contributed by atoms with Gasteiger partial charge in [0.25, 0.3) is 12.3 Å². The Bertz CT molecular complexity index is 1040. The molecule has 1 aliphatic rings. The molecule has 0 spiro atoms. The Kier molecular flexibility index (Phi) is 7.20. The van der Waals surface area contributed by atoms with Gasteiger partial charge in [0.15, 0.2) is 0 Å². The number of carboxylic acids is 1. The molecule has 1 saturated heterocycles. The lowest BCUT2D eigenvalue weighted by Crippen LogP contribution is -2.35. The number of carbonyl (C=O) groups is 2. The monoisotopic (exact) mass is 492 g/mol. The van der Waals surface area contributed by atoms with Crippen molar-refractivity contribution in [2.45, 2.75) is 57.8 Å². The number of likely N-dealkylation sites (tertiary alicyclic amines) is 1. The lowest BCUT2D eigenvalue weighted by Gasteiger charge is -2.22. The third kappa shape index (κ3) is 5.23. The van der Waals surface area contributed by atoms with Gasteiger partial charge in [-0.1, -0.05) is 6.92 Å². The first kappa shape index (κ1) is 24.8. The molecule has 2 aromatic heterocycles. The maximum absolute atomic E-state index is 13.9. The number of alkyl halides is 5. The average molecular weight is 492 g/mol. The standard InChI is InChI=1S/C20H21F5N4O3S/c1-3-12(20(23,24)25)27-13-7-10(16(21)22)11(8-26-13)15-14(28-17(33-15)19(31)32)18(30)29-6-4-5-9(29)2/h7-9,12,16H,3-6H2,1-2H3,(H,26,27)(H,31,32)/t9-,12-/m0/s1. The van der Waals surface area contributed by atoms with Crippen LogP contribution < -0.4 is 5.32 Å². The van der Waals surface area contributed by atoms with Gasteiger partial charge in [-0.2, -0.15) is 13.2 Å². The molecule has 3 heterocycles. The lowest BCUT2D eigenvalue weighted by atomic mass is 10.1. The summed E-state index contributed by atoms with van der Waals surface area (Å²) < 4.78 is 67.0. The van der Waals surface area contributed by atoms with Gasteiger partial charge >= 0.3 is 12.1 Å². The van der Waals surface area contributed by atoms with Crippen LogP contribution in [0.15, 0.2) is 12.3 Å². The Morgan fingerprint density at radius 1 is 1.36 bits per heavy atom. The molecule has 180 valence electrons. The second-order valence-corrected chi connectivity index (χ2v) is 8.60. The number of rotatable bonds is 7. The molecule has 0 saturated carbocycles. The number of aromatic carboxylic acids is 1. The summed E-state index contributed by atoms with van der Waals surface area (Å²) in [4.78, 5) is 33.6. The first-order chi connectivity index (χ1) is 15.4. The molecular formula is C20H21F5N4O3S. The van der Waals surface area contributed by atoms with E-state index in [0.29, 0.717) is 17.9 Å². The Balaban J connectivity index is 2.08. The molecule has 0 aromatic carbocycles. The summed E-state index contributed by atoms with van der Waals surface area (Å²) in [6, 6.07) is -1.34. The Labute approximate surface area is 189 Å². The van der Waals surface area contributed by atoms with Crippen LogP contribution >= 0.6 is 11.3 Å². The minimum Gasteiger partial charge on any atom is -0.476 e. The first-order valence-electron chi connectivity index (χ1n) is 10.1. The van der Waals surface area contributed by atoms with Gasteiger partial charge in [-0.3, -0.25) is 4.79 Å². The van der Waals surface area contributed by atoms with Crippen LogP contribution in [0.4, 0.5) is 27.8 Å². The summed E-state index contributed by atoms with van der Waals surface area (Å²) in [5.74, 6) is -2.44. The van der Waals surface area contributed by atoms with Crippen molar-refractivity contribution in [2.24, 2.45) is 0 Å². The van der Waals surface area contributed by atoms with Crippen molar-refractivity contribution in [1.82, 2.24) is 14.9 Å². The van der Waals surface area contributed by atoms with E-state index in [2.05, 4.69) is 15.3 Å². The smallest absolute Gasteiger partial charge is 0.408 e. The van der Waals surface area contributed by atoms with Crippen molar-refractivity contribution in [1.29, 1.82) is 0 Å². The van der Waals surface area contributed by atoms with Crippen LogP contribution in [0.2, 0.25) is 0 Å². The first-order valence-corrected chi connectivity index (χ1v) is 10.9. The van der Waals surface area contributed by atoms with Crippen molar-refractivity contribution < 1.29 is 36.6 Å². The predicted octanol–water partition coefficient (Wildman–Crippen LogP) is 5.22. The number of carboxylic acid groups (broad SMARTS) is 1. The van der Waals surface area contributed by atoms with Crippen LogP contribution in [0.3, 0.4) is 0 Å². The van der Waals surface area contributed by atoms with Crippen LogP contribution in [-0.2, 0) is 0 Å². The van der Waals surface area contributed by atoms with Crippen molar-refractivity contribution in [3.63, 3.8) is 0 Å². The zero-order valence-corrected chi connectivity index (χ0v) is 18.4. The van der Waals surface area contributed by atoms with Crippen molar-refractivity contribution >= 4 is 29.0 Å². The molecule has 1 aliphatic heterocycles. The molecule has 0 aliphatic carbocycles. The second kappa shape index (κ2) is 9.57. The minimum absolute atomic E-state index is 0.117. The van der Waals surface area contributed by atoms with E-state index in [0.717, 1.165) is 25.1 Å². The van der Waals surface area contributed by atoms with Crippen LogP contribution in [0.1, 0.15) is 65.4 Å². The SMILES string of the molecule is CC[C@H](Nc1cc(C(F)F)c(-c2sc(C(=O)O)nc2C(=O)N2CCC[C@@H]2C)cn1)C(F)(F)F. The molecule has 1 fully saturated rings. The van der Waals surface area contributed by atoms with E-state index in [9.17, 15) is 36.6 Å². The molecule has 2 aromatic rings. The van der Waals surface area contributed by atoms with Crippen LogP contribution in [-0.4, -0.2) is 56.7 Å². The number of thiazole rings is 1. The fourth-order valence-corrected chi connectivity index (χ4v) is 4.55. The number of carbonyl (C=O) groups excluding carboxylic acids is 1. The zero-order chi connectivity index (χ0) is 24.5. The predicted molar refractivity (Wildman–Crippen MR) is 111 cm³/mol. The quantitative estimate of drug-likeness (QED) is 0.515. The van der Waals surface area contributed by atoms with E-state index in [1.807, 2.05) is 6.92 Å². The highest BCUT2D eigenvalue weighted by Gasteiger charge is 2.39. The average Bonchev–Trinajstić information content (AvgIpc) is 3.37. The maximum Gasteiger partial charge on any atom is 0.408 e. The summed E-state index contributed by atoms with van der Waals surface area (Å²) in [5, 5.41) is 11.0. The zero-order valence-electron chi connectivity index (χ0n) is 17.6. The summed E-state index contributed by atoms with van der Waals surface area (Å²) in [5.41, 5.74) is -1.23. The fourth-order valence-electron chi connectivity index (χ4n) is 3.62. The summed E-state index contributed by atoms with van der Waals surface area (Å²) in [7, 11) is 0. The third-order valence-electron chi connectivity index (χ3n) is 5.37. The van der Waals surface area contributed by atoms with E-state index in [4.69, 9.17) is 0 Å². The Morgan fingerprint density at radius 3 is 2.58 bits per heavy atom. The Hall–Kier alpha value is -2.83. The normalized spacial score (nSPS) is 17.5. The second-order valence-electron chi connectivity index (χ2n) is 7.60. The van der Waals surface area contributed by atoms with E-state index in [1.54, 1.807) is 0 Å². The highest BCUT2D eigenvalue weighted by atomic mass is 32.1. The van der Waals surface area contributed by atoms with Crippen LogP contribution in [0.5, 0.6) is 0 Å². The van der Waals surface area contributed by atoms with Gasteiger partial charge in [0.2, 0.25) is 5.01 Å². The summed E-state index contributed by atoms with van der Waals surface area (Å²) in [6.45, 7) is 3.51. The minimum atomic E-state index is -4.61. The number of nitrogens with one attached hydrogen (secondary N) is 1. The summed E-state index contributed by atoms with van der Waals surface area (Å²) in [6.07, 6.45) is -5.70.